The summed E-state index contributed by atoms with van der Waals surface area (Å²) in [6, 6.07) is 0. The lowest BCUT2D eigenvalue weighted by Crippen LogP contribution is -2.31. The first kappa shape index (κ1) is 12.8. The van der Waals surface area contributed by atoms with E-state index in [0.29, 0.717) is 5.13 Å². The van der Waals surface area contributed by atoms with Gasteiger partial charge in [-0.25, -0.2) is 9.78 Å². The normalized spacial score (nSPS) is 11.4. The number of amides is 1. The molecule has 0 saturated heterocycles. The zero-order valence-electron chi connectivity index (χ0n) is 9.53. The van der Waals surface area contributed by atoms with Crippen molar-refractivity contribution in [3.63, 3.8) is 0 Å². The van der Waals surface area contributed by atoms with Gasteiger partial charge in [0.2, 0.25) is 0 Å². The van der Waals surface area contributed by atoms with E-state index in [2.05, 4.69) is 4.98 Å². The Balaban J connectivity index is 2.32. The lowest BCUT2D eigenvalue weighted by atomic mass is 10.0. The van der Waals surface area contributed by atoms with E-state index in [9.17, 15) is 4.79 Å². The summed E-state index contributed by atoms with van der Waals surface area (Å²) in [5.74, 6) is 0. The van der Waals surface area contributed by atoms with E-state index in [4.69, 9.17) is 16.2 Å². The van der Waals surface area contributed by atoms with Crippen molar-refractivity contribution in [2.45, 2.75) is 38.7 Å². The highest BCUT2D eigenvalue weighted by Crippen LogP contribution is 2.21. The van der Waals surface area contributed by atoms with Crippen LogP contribution in [-0.2, 0) is 11.2 Å². The average molecular weight is 243 g/mol. The van der Waals surface area contributed by atoms with Crippen LogP contribution in [0.5, 0.6) is 0 Å². The summed E-state index contributed by atoms with van der Waals surface area (Å²) in [4.78, 5) is 15.7. The van der Waals surface area contributed by atoms with Crippen LogP contribution in [0.25, 0.3) is 0 Å². The maximum absolute atomic E-state index is 10.6. The Hall–Kier alpha value is -1.30. The molecule has 0 unspecified atom stereocenters. The van der Waals surface area contributed by atoms with Crippen molar-refractivity contribution in [3.05, 3.63) is 11.1 Å². The van der Waals surface area contributed by atoms with Crippen molar-refractivity contribution in [2.75, 3.05) is 5.73 Å². The van der Waals surface area contributed by atoms with Gasteiger partial charge < -0.3 is 16.2 Å². The molecule has 6 heteroatoms. The Bertz CT molecular complexity index is 363. The SMILES string of the molecule is CC(C)(CCCc1cnc(N)s1)OC(N)=O. The first-order valence-electron chi connectivity index (χ1n) is 5.08. The number of nitrogen functional groups attached to an aromatic ring is 1. The quantitative estimate of drug-likeness (QED) is 0.826. The number of aryl methyl sites for hydroxylation is 1. The van der Waals surface area contributed by atoms with E-state index in [1.807, 2.05) is 13.8 Å². The second-order valence-corrected chi connectivity index (χ2v) is 5.35. The fraction of sp³-hybridized carbons (Fsp3) is 0.600. The van der Waals surface area contributed by atoms with Gasteiger partial charge in [-0.1, -0.05) is 0 Å². The van der Waals surface area contributed by atoms with E-state index in [1.54, 1.807) is 6.20 Å². The molecule has 0 saturated carbocycles. The van der Waals surface area contributed by atoms with E-state index in [-0.39, 0.29) is 0 Å². The van der Waals surface area contributed by atoms with Crippen LogP contribution in [0.1, 0.15) is 31.6 Å². The standard InChI is InChI=1S/C10H17N3O2S/c1-10(2,15-9(12)14)5-3-4-7-6-13-8(11)16-7/h6H,3-5H2,1-2H3,(H2,11,13)(H2,12,14). The van der Waals surface area contributed by atoms with Gasteiger partial charge in [0.25, 0.3) is 0 Å². The Morgan fingerprint density at radius 3 is 2.81 bits per heavy atom. The number of rotatable bonds is 5. The minimum absolute atomic E-state index is 0.512. The number of ether oxygens (including phenoxy) is 1. The minimum Gasteiger partial charge on any atom is -0.444 e. The summed E-state index contributed by atoms with van der Waals surface area (Å²) in [5, 5.41) is 0.586. The highest BCUT2D eigenvalue weighted by Gasteiger charge is 2.20. The topological polar surface area (TPSA) is 91.2 Å². The van der Waals surface area contributed by atoms with Gasteiger partial charge in [0, 0.05) is 11.1 Å². The number of nitrogens with two attached hydrogens (primary N) is 2. The van der Waals surface area contributed by atoms with Crippen LogP contribution >= 0.6 is 11.3 Å². The van der Waals surface area contributed by atoms with Crippen molar-refractivity contribution < 1.29 is 9.53 Å². The Morgan fingerprint density at radius 2 is 2.31 bits per heavy atom. The van der Waals surface area contributed by atoms with Crippen molar-refractivity contribution in [2.24, 2.45) is 5.73 Å². The first-order valence-corrected chi connectivity index (χ1v) is 5.89. The van der Waals surface area contributed by atoms with Crippen LogP contribution in [0.4, 0.5) is 9.93 Å². The van der Waals surface area contributed by atoms with Crippen LogP contribution in [0.3, 0.4) is 0 Å². The largest absolute Gasteiger partial charge is 0.444 e. The average Bonchev–Trinajstić information content (AvgIpc) is 2.48. The molecule has 1 aromatic rings. The molecule has 1 heterocycles. The van der Waals surface area contributed by atoms with Crippen LogP contribution in [-0.4, -0.2) is 16.7 Å². The third-order valence-corrected chi connectivity index (χ3v) is 3.04. The lowest BCUT2D eigenvalue weighted by molar-refractivity contribution is 0.0378. The molecule has 16 heavy (non-hydrogen) atoms. The van der Waals surface area contributed by atoms with Gasteiger partial charge >= 0.3 is 6.09 Å². The molecule has 0 atom stereocenters. The number of primary amides is 1. The third kappa shape index (κ3) is 4.48. The molecule has 0 spiro atoms. The Labute approximate surface area is 98.8 Å². The number of hydrogen-bond donors (Lipinski definition) is 2. The number of hydrogen-bond acceptors (Lipinski definition) is 5. The van der Waals surface area contributed by atoms with Crippen LogP contribution < -0.4 is 11.5 Å². The Morgan fingerprint density at radius 1 is 1.62 bits per heavy atom. The number of carbonyl (C=O) groups is 1. The zero-order chi connectivity index (χ0) is 12.2. The number of carbonyl (C=O) groups excluding carboxylic acids is 1. The second kappa shape index (κ2) is 5.16. The summed E-state index contributed by atoms with van der Waals surface area (Å²) in [6.07, 6.45) is 3.60. The van der Waals surface area contributed by atoms with E-state index in [1.165, 1.54) is 11.3 Å². The monoisotopic (exact) mass is 243 g/mol. The van der Waals surface area contributed by atoms with Crippen LogP contribution in [0.15, 0.2) is 6.20 Å². The molecular formula is C10H17N3O2S. The second-order valence-electron chi connectivity index (χ2n) is 4.20. The molecule has 90 valence electrons. The van der Waals surface area contributed by atoms with E-state index < -0.39 is 11.7 Å². The van der Waals surface area contributed by atoms with Gasteiger partial charge in [0.05, 0.1) is 0 Å². The van der Waals surface area contributed by atoms with Gasteiger partial charge in [0.15, 0.2) is 5.13 Å². The van der Waals surface area contributed by atoms with Crippen LogP contribution in [0, 0.1) is 0 Å². The summed E-state index contributed by atoms with van der Waals surface area (Å²) in [5.41, 5.74) is 9.99. The predicted molar refractivity (Wildman–Crippen MR) is 64.2 cm³/mol. The molecule has 1 aromatic heterocycles. The van der Waals surface area contributed by atoms with Gasteiger partial charge in [-0.2, -0.15) is 0 Å². The molecule has 0 bridgehead atoms. The summed E-state index contributed by atoms with van der Waals surface area (Å²) < 4.78 is 4.98. The molecule has 0 fully saturated rings. The van der Waals surface area contributed by atoms with E-state index >= 15 is 0 Å². The molecule has 0 aliphatic carbocycles. The lowest BCUT2D eigenvalue weighted by Gasteiger charge is -2.23. The molecule has 0 aliphatic heterocycles. The van der Waals surface area contributed by atoms with E-state index in [0.717, 1.165) is 24.1 Å². The third-order valence-electron chi connectivity index (χ3n) is 2.15. The highest BCUT2D eigenvalue weighted by atomic mass is 32.1. The molecule has 0 aromatic carbocycles. The molecule has 5 nitrogen and oxygen atoms in total. The maximum Gasteiger partial charge on any atom is 0.405 e. The fourth-order valence-corrected chi connectivity index (χ4v) is 2.18. The maximum atomic E-state index is 10.6. The summed E-state index contributed by atoms with van der Waals surface area (Å²) in [6.45, 7) is 3.69. The molecule has 4 N–H and O–H groups in total. The van der Waals surface area contributed by atoms with Gasteiger partial charge in [-0.05, 0) is 33.1 Å². The number of nitrogens with zero attached hydrogens (tertiary/aromatic N) is 1. The van der Waals surface area contributed by atoms with Crippen LogP contribution in [0.2, 0.25) is 0 Å². The molecule has 1 amide bonds. The smallest absolute Gasteiger partial charge is 0.405 e. The highest BCUT2D eigenvalue weighted by molar-refractivity contribution is 7.15. The molecule has 0 aliphatic rings. The van der Waals surface area contributed by atoms with Crippen molar-refractivity contribution in [3.8, 4) is 0 Å². The predicted octanol–water partition coefficient (Wildman–Crippen LogP) is 1.92. The van der Waals surface area contributed by atoms with Gasteiger partial charge in [0.1, 0.15) is 5.60 Å². The number of aromatic nitrogens is 1. The van der Waals surface area contributed by atoms with Gasteiger partial charge in [-0.3, -0.25) is 0 Å². The van der Waals surface area contributed by atoms with Crippen molar-refractivity contribution in [1.82, 2.24) is 4.98 Å². The fourth-order valence-electron chi connectivity index (χ4n) is 1.45. The van der Waals surface area contributed by atoms with Crippen molar-refractivity contribution >= 4 is 22.6 Å². The van der Waals surface area contributed by atoms with Crippen molar-refractivity contribution in [1.29, 1.82) is 0 Å². The zero-order valence-corrected chi connectivity index (χ0v) is 10.3. The Kier molecular flexibility index (Phi) is 4.12. The minimum atomic E-state index is -0.730. The summed E-state index contributed by atoms with van der Waals surface area (Å²) in [7, 11) is 0. The van der Waals surface area contributed by atoms with Gasteiger partial charge in [-0.15, -0.1) is 11.3 Å². The molecule has 1 rings (SSSR count). The summed E-state index contributed by atoms with van der Waals surface area (Å²) >= 11 is 1.49. The molecular weight excluding hydrogens is 226 g/mol. The number of thiazole rings is 1. The first-order chi connectivity index (χ1) is 7.39. The molecule has 0 radical (unpaired) electrons. The number of anilines is 1.